The van der Waals surface area contributed by atoms with Gasteiger partial charge in [-0.05, 0) is 52.7 Å². The maximum Gasteiger partial charge on any atom is 0.274 e. The molecule has 0 bridgehead atoms. The standard InChI is InChI=1S/C13H9BrClFN2O/c1-7-5-9(16)8(14)6-11(7)18-13(19)10-3-2-4-12(15)17-10/h2-6H,1H3,(H,18,19). The van der Waals surface area contributed by atoms with E-state index in [2.05, 4.69) is 26.2 Å². The summed E-state index contributed by atoms with van der Waals surface area (Å²) in [6, 6.07) is 7.61. The van der Waals surface area contributed by atoms with Crippen molar-refractivity contribution < 1.29 is 9.18 Å². The lowest BCUT2D eigenvalue weighted by Gasteiger charge is -2.09. The van der Waals surface area contributed by atoms with Crippen molar-refractivity contribution in [1.29, 1.82) is 0 Å². The number of anilines is 1. The number of amides is 1. The predicted octanol–water partition coefficient (Wildman–Crippen LogP) is 4.20. The van der Waals surface area contributed by atoms with E-state index in [1.165, 1.54) is 12.1 Å². The van der Waals surface area contributed by atoms with E-state index in [0.717, 1.165) is 0 Å². The fourth-order valence-corrected chi connectivity index (χ4v) is 2.01. The van der Waals surface area contributed by atoms with Crippen LogP contribution < -0.4 is 5.32 Å². The first-order valence-corrected chi connectivity index (χ1v) is 6.54. The van der Waals surface area contributed by atoms with E-state index in [4.69, 9.17) is 11.6 Å². The summed E-state index contributed by atoms with van der Waals surface area (Å²) in [5.41, 5.74) is 1.34. The van der Waals surface area contributed by atoms with E-state index in [-0.39, 0.29) is 21.1 Å². The first-order chi connectivity index (χ1) is 8.97. The van der Waals surface area contributed by atoms with Gasteiger partial charge in [0.15, 0.2) is 0 Å². The van der Waals surface area contributed by atoms with E-state index < -0.39 is 5.91 Å². The average Bonchev–Trinajstić information content (AvgIpc) is 2.36. The molecule has 1 aromatic heterocycles. The zero-order valence-electron chi connectivity index (χ0n) is 9.88. The third kappa shape index (κ3) is 3.30. The van der Waals surface area contributed by atoms with Gasteiger partial charge in [-0.1, -0.05) is 17.7 Å². The number of benzene rings is 1. The Morgan fingerprint density at radius 1 is 1.42 bits per heavy atom. The van der Waals surface area contributed by atoms with Crippen LogP contribution in [-0.2, 0) is 0 Å². The lowest BCUT2D eigenvalue weighted by Crippen LogP contribution is -2.14. The normalized spacial score (nSPS) is 10.3. The van der Waals surface area contributed by atoms with Crippen molar-refractivity contribution in [2.24, 2.45) is 0 Å². The summed E-state index contributed by atoms with van der Waals surface area (Å²) < 4.78 is 13.6. The number of aromatic nitrogens is 1. The summed E-state index contributed by atoms with van der Waals surface area (Å²) in [5, 5.41) is 2.91. The minimum Gasteiger partial charge on any atom is -0.320 e. The van der Waals surface area contributed by atoms with Crippen molar-refractivity contribution in [2.45, 2.75) is 6.92 Å². The van der Waals surface area contributed by atoms with Gasteiger partial charge in [-0.3, -0.25) is 4.79 Å². The molecule has 0 unspecified atom stereocenters. The van der Waals surface area contributed by atoms with Crippen molar-refractivity contribution in [1.82, 2.24) is 4.98 Å². The zero-order chi connectivity index (χ0) is 14.0. The summed E-state index contributed by atoms with van der Waals surface area (Å²) in [6.45, 7) is 1.70. The Morgan fingerprint density at radius 2 is 2.16 bits per heavy atom. The molecule has 0 aliphatic heterocycles. The van der Waals surface area contributed by atoms with Crippen molar-refractivity contribution in [3.8, 4) is 0 Å². The highest BCUT2D eigenvalue weighted by molar-refractivity contribution is 9.10. The molecule has 0 aliphatic carbocycles. The van der Waals surface area contributed by atoms with Crippen molar-refractivity contribution in [3.63, 3.8) is 0 Å². The lowest BCUT2D eigenvalue weighted by molar-refractivity contribution is 0.102. The van der Waals surface area contributed by atoms with Crippen molar-refractivity contribution >= 4 is 39.1 Å². The average molecular weight is 344 g/mol. The summed E-state index contributed by atoms with van der Waals surface area (Å²) in [5.74, 6) is -0.777. The van der Waals surface area contributed by atoms with Crippen LogP contribution in [0.2, 0.25) is 5.15 Å². The first kappa shape index (κ1) is 14.0. The van der Waals surface area contributed by atoms with Crippen molar-refractivity contribution in [3.05, 3.63) is 57.0 Å². The van der Waals surface area contributed by atoms with Crippen LogP contribution >= 0.6 is 27.5 Å². The van der Waals surface area contributed by atoms with Crippen LogP contribution in [0.5, 0.6) is 0 Å². The number of pyridine rings is 1. The lowest BCUT2D eigenvalue weighted by atomic mass is 10.2. The number of nitrogens with one attached hydrogen (secondary N) is 1. The second-order valence-corrected chi connectivity index (χ2v) is 5.12. The Bertz CT molecular complexity index is 649. The molecule has 3 nitrogen and oxygen atoms in total. The molecule has 2 rings (SSSR count). The molecule has 1 N–H and O–H groups in total. The van der Waals surface area contributed by atoms with Crippen LogP contribution in [-0.4, -0.2) is 10.9 Å². The molecule has 0 aliphatic rings. The molecule has 1 heterocycles. The van der Waals surface area contributed by atoms with Gasteiger partial charge in [-0.2, -0.15) is 0 Å². The highest BCUT2D eigenvalue weighted by atomic mass is 79.9. The Balaban J connectivity index is 2.27. The number of aryl methyl sites for hydroxylation is 1. The number of carbonyl (C=O) groups is 1. The zero-order valence-corrected chi connectivity index (χ0v) is 12.2. The van der Waals surface area contributed by atoms with Gasteiger partial charge in [0.25, 0.3) is 5.91 Å². The number of rotatable bonds is 2. The van der Waals surface area contributed by atoms with Gasteiger partial charge in [-0.25, -0.2) is 9.37 Å². The number of hydrogen-bond donors (Lipinski definition) is 1. The van der Waals surface area contributed by atoms with Gasteiger partial charge < -0.3 is 5.32 Å². The molecule has 1 aromatic carbocycles. The van der Waals surface area contributed by atoms with Gasteiger partial charge in [0, 0.05) is 5.69 Å². The second kappa shape index (κ2) is 5.67. The molecule has 98 valence electrons. The molecule has 0 spiro atoms. The van der Waals surface area contributed by atoms with Gasteiger partial charge in [0.05, 0.1) is 4.47 Å². The van der Waals surface area contributed by atoms with Crippen LogP contribution in [0.25, 0.3) is 0 Å². The largest absolute Gasteiger partial charge is 0.320 e. The molecular formula is C13H9BrClFN2O. The third-order valence-electron chi connectivity index (χ3n) is 2.46. The third-order valence-corrected chi connectivity index (χ3v) is 3.28. The highest BCUT2D eigenvalue weighted by Crippen LogP contribution is 2.24. The second-order valence-electron chi connectivity index (χ2n) is 3.88. The van der Waals surface area contributed by atoms with Crippen LogP contribution in [0, 0.1) is 12.7 Å². The van der Waals surface area contributed by atoms with Gasteiger partial charge in [0.1, 0.15) is 16.7 Å². The van der Waals surface area contributed by atoms with Crippen LogP contribution in [0.15, 0.2) is 34.8 Å². The number of halogens is 3. The Labute approximate surface area is 122 Å². The summed E-state index contributed by atoms with van der Waals surface area (Å²) in [4.78, 5) is 15.9. The van der Waals surface area contributed by atoms with Crippen LogP contribution in [0.1, 0.15) is 16.1 Å². The number of nitrogens with zero attached hydrogens (tertiary/aromatic N) is 1. The molecule has 1 amide bonds. The van der Waals surface area contributed by atoms with Crippen LogP contribution in [0.4, 0.5) is 10.1 Å². The summed E-state index contributed by atoms with van der Waals surface area (Å²) >= 11 is 8.80. The Morgan fingerprint density at radius 3 is 2.84 bits per heavy atom. The molecule has 19 heavy (non-hydrogen) atoms. The molecule has 0 saturated heterocycles. The topological polar surface area (TPSA) is 42.0 Å². The summed E-state index contributed by atoms with van der Waals surface area (Å²) in [6.07, 6.45) is 0. The monoisotopic (exact) mass is 342 g/mol. The van der Waals surface area contributed by atoms with E-state index in [0.29, 0.717) is 11.3 Å². The van der Waals surface area contributed by atoms with Gasteiger partial charge in [0.2, 0.25) is 0 Å². The molecule has 2 aromatic rings. The first-order valence-electron chi connectivity index (χ1n) is 5.37. The fraction of sp³-hybridized carbons (Fsp3) is 0.0769. The molecule has 0 saturated carbocycles. The van der Waals surface area contributed by atoms with Crippen LogP contribution in [0.3, 0.4) is 0 Å². The molecule has 0 atom stereocenters. The predicted molar refractivity (Wildman–Crippen MR) is 76.0 cm³/mol. The Hall–Kier alpha value is -1.46. The quantitative estimate of drug-likeness (QED) is 0.831. The maximum absolute atomic E-state index is 13.3. The van der Waals surface area contributed by atoms with Gasteiger partial charge in [-0.15, -0.1) is 0 Å². The molecule has 0 fully saturated rings. The SMILES string of the molecule is Cc1cc(F)c(Br)cc1NC(=O)c1cccc(Cl)n1. The fourth-order valence-electron chi connectivity index (χ4n) is 1.50. The minimum absolute atomic E-state index is 0.201. The smallest absolute Gasteiger partial charge is 0.274 e. The minimum atomic E-state index is -0.399. The number of carbonyl (C=O) groups excluding carboxylic acids is 1. The van der Waals surface area contributed by atoms with E-state index in [1.54, 1.807) is 25.1 Å². The van der Waals surface area contributed by atoms with E-state index in [1.807, 2.05) is 0 Å². The van der Waals surface area contributed by atoms with E-state index >= 15 is 0 Å². The molecule has 0 radical (unpaired) electrons. The van der Waals surface area contributed by atoms with E-state index in [9.17, 15) is 9.18 Å². The van der Waals surface area contributed by atoms with Gasteiger partial charge >= 0.3 is 0 Å². The summed E-state index contributed by atoms with van der Waals surface area (Å²) in [7, 11) is 0. The molecule has 6 heteroatoms. The molecular weight excluding hydrogens is 335 g/mol. The maximum atomic E-state index is 13.3. The van der Waals surface area contributed by atoms with Crippen molar-refractivity contribution in [2.75, 3.05) is 5.32 Å². The number of hydrogen-bond acceptors (Lipinski definition) is 2. The highest BCUT2D eigenvalue weighted by Gasteiger charge is 2.11. The Kier molecular flexibility index (Phi) is 4.17.